The van der Waals surface area contributed by atoms with E-state index in [2.05, 4.69) is 23.4 Å². The molecule has 16 heavy (non-hydrogen) atoms. The molecule has 0 saturated carbocycles. The first-order valence-electron chi connectivity index (χ1n) is 5.64. The lowest BCUT2D eigenvalue weighted by atomic mass is 10.0. The summed E-state index contributed by atoms with van der Waals surface area (Å²) in [7, 11) is 1.93. The highest BCUT2D eigenvalue weighted by molar-refractivity contribution is 5.21. The van der Waals surface area contributed by atoms with Crippen molar-refractivity contribution in [1.29, 1.82) is 0 Å². The Morgan fingerprint density at radius 2 is 2.44 bits per heavy atom. The zero-order valence-corrected chi connectivity index (χ0v) is 10.0. The summed E-state index contributed by atoms with van der Waals surface area (Å²) < 4.78 is 1.83. The van der Waals surface area contributed by atoms with Crippen LogP contribution in [0.2, 0.25) is 0 Å². The summed E-state index contributed by atoms with van der Waals surface area (Å²) in [5.41, 5.74) is 5.13. The van der Waals surface area contributed by atoms with Crippen molar-refractivity contribution in [3.8, 4) is 12.3 Å². The number of nitrogens with one attached hydrogen (secondary N) is 1. The van der Waals surface area contributed by atoms with Crippen molar-refractivity contribution >= 4 is 0 Å². The number of rotatable bonds is 6. The molecule has 1 aromatic heterocycles. The number of unbranched alkanes of at least 4 members (excludes halogenated alkanes) is 1. The number of aromatic nitrogens is 2. The molecule has 1 atom stereocenters. The second-order valence-electron chi connectivity index (χ2n) is 3.87. The molecule has 1 unspecified atom stereocenters. The van der Waals surface area contributed by atoms with E-state index in [4.69, 9.17) is 12.3 Å². The van der Waals surface area contributed by atoms with E-state index in [-0.39, 0.29) is 6.04 Å². The van der Waals surface area contributed by atoms with Gasteiger partial charge in [-0.05, 0) is 19.3 Å². The maximum Gasteiger partial charge on any atom is 0.0670 e. The predicted octanol–water partition coefficient (Wildman–Crippen LogP) is 1.29. The van der Waals surface area contributed by atoms with E-state index in [1.165, 1.54) is 5.56 Å². The second-order valence-corrected chi connectivity index (χ2v) is 3.87. The minimum absolute atomic E-state index is 0.150. The Morgan fingerprint density at radius 3 is 3.00 bits per heavy atom. The highest BCUT2D eigenvalue weighted by atomic mass is 15.3. The molecule has 0 radical (unpaired) electrons. The lowest BCUT2D eigenvalue weighted by Crippen LogP contribution is -2.28. The van der Waals surface area contributed by atoms with Gasteiger partial charge in [0.05, 0.1) is 5.69 Å². The minimum Gasteiger partial charge on any atom is -0.275 e. The number of hydrazine groups is 1. The van der Waals surface area contributed by atoms with Gasteiger partial charge in [-0.1, -0.05) is 6.92 Å². The van der Waals surface area contributed by atoms with Gasteiger partial charge in [0.25, 0.3) is 0 Å². The average molecular weight is 220 g/mol. The van der Waals surface area contributed by atoms with Crippen LogP contribution in [-0.4, -0.2) is 9.78 Å². The van der Waals surface area contributed by atoms with Crippen LogP contribution < -0.4 is 11.3 Å². The van der Waals surface area contributed by atoms with Crippen LogP contribution in [0.15, 0.2) is 6.20 Å². The third kappa shape index (κ3) is 3.09. The third-order valence-electron chi connectivity index (χ3n) is 2.66. The average Bonchev–Trinajstić information content (AvgIpc) is 2.66. The van der Waals surface area contributed by atoms with Crippen LogP contribution in [0.25, 0.3) is 0 Å². The molecule has 1 aromatic rings. The molecule has 0 bridgehead atoms. The molecule has 1 heterocycles. The van der Waals surface area contributed by atoms with Gasteiger partial charge in [-0.3, -0.25) is 16.0 Å². The molecule has 0 spiro atoms. The number of aryl methyl sites for hydroxylation is 2. The van der Waals surface area contributed by atoms with Gasteiger partial charge in [-0.15, -0.1) is 12.3 Å². The SMILES string of the molecule is C#CCCCC(NN)c1cn(C)nc1CC. The van der Waals surface area contributed by atoms with E-state index in [1.807, 2.05) is 17.9 Å². The zero-order chi connectivity index (χ0) is 12.0. The van der Waals surface area contributed by atoms with Crippen molar-refractivity contribution in [3.63, 3.8) is 0 Å². The fourth-order valence-corrected chi connectivity index (χ4v) is 1.86. The first-order valence-corrected chi connectivity index (χ1v) is 5.64. The monoisotopic (exact) mass is 220 g/mol. The Bertz CT molecular complexity index is 362. The number of terminal acetylenes is 1. The summed E-state index contributed by atoms with van der Waals surface area (Å²) >= 11 is 0. The van der Waals surface area contributed by atoms with Gasteiger partial charge < -0.3 is 0 Å². The van der Waals surface area contributed by atoms with Crippen molar-refractivity contribution < 1.29 is 0 Å². The van der Waals surface area contributed by atoms with Gasteiger partial charge in [-0.2, -0.15) is 5.10 Å². The largest absolute Gasteiger partial charge is 0.275 e. The van der Waals surface area contributed by atoms with Crippen molar-refractivity contribution in [2.24, 2.45) is 12.9 Å². The molecule has 88 valence electrons. The first-order chi connectivity index (χ1) is 7.72. The molecular weight excluding hydrogens is 200 g/mol. The summed E-state index contributed by atoms with van der Waals surface area (Å²) in [4.78, 5) is 0. The Hall–Kier alpha value is -1.31. The van der Waals surface area contributed by atoms with Crippen LogP contribution in [0.5, 0.6) is 0 Å². The van der Waals surface area contributed by atoms with Gasteiger partial charge in [0.15, 0.2) is 0 Å². The van der Waals surface area contributed by atoms with E-state index in [0.717, 1.165) is 31.4 Å². The topological polar surface area (TPSA) is 55.9 Å². The fraction of sp³-hybridized carbons (Fsp3) is 0.583. The molecule has 3 N–H and O–H groups in total. The maximum absolute atomic E-state index is 5.58. The molecule has 4 nitrogen and oxygen atoms in total. The van der Waals surface area contributed by atoms with E-state index in [0.29, 0.717) is 0 Å². The quantitative estimate of drug-likeness (QED) is 0.329. The molecule has 4 heteroatoms. The van der Waals surface area contributed by atoms with Crippen LogP contribution in [0, 0.1) is 12.3 Å². The summed E-state index contributed by atoms with van der Waals surface area (Å²) in [6.45, 7) is 2.10. The van der Waals surface area contributed by atoms with Crippen molar-refractivity contribution in [1.82, 2.24) is 15.2 Å². The van der Waals surface area contributed by atoms with E-state index in [9.17, 15) is 0 Å². The normalized spacial score (nSPS) is 12.4. The van der Waals surface area contributed by atoms with Crippen LogP contribution in [-0.2, 0) is 13.5 Å². The summed E-state index contributed by atoms with van der Waals surface area (Å²) in [6.07, 6.45) is 10.9. The smallest absolute Gasteiger partial charge is 0.0670 e. The Labute approximate surface area is 97.2 Å². The van der Waals surface area contributed by atoms with E-state index >= 15 is 0 Å². The van der Waals surface area contributed by atoms with E-state index < -0.39 is 0 Å². The summed E-state index contributed by atoms with van der Waals surface area (Å²) in [6, 6.07) is 0.150. The van der Waals surface area contributed by atoms with Crippen molar-refractivity contribution in [2.45, 2.75) is 38.6 Å². The lowest BCUT2D eigenvalue weighted by molar-refractivity contribution is 0.499. The second kappa shape index (κ2) is 6.31. The Morgan fingerprint density at radius 1 is 1.69 bits per heavy atom. The first kappa shape index (κ1) is 12.8. The number of hydrogen-bond acceptors (Lipinski definition) is 3. The minimum atomic E-state index is 0.150. The number of nitrogens with two attached hydrogens (primary N) is 1. The highest BCUT2D eigenvalue weighted by Crippen LogP contribution is 2.21. The highest BCUT2D eigenvalue weighted by Gasteiger charge is 2.15. The molecule has 0 saturated heterocycles. The molecule has 0 aliphatic carbocycles. The number of nitrogens with zero attached hydrogens (tertiary/aromatic N) is 2. The van der Waals surface area contributed by atoms with Crippen LogP contribution in [0.3, 0.4) is 0 Å². The van der Waals surface area contributed by atoms with Gasteiger partial charge in [0, 0.05) is 31.3 Å². The standard InChI is InChI=1S/C12H20N4/c1-4-6-7-8-12(14-13)10-9-16(3)15-11(10)5-2/h1,9,12,14H,5-8,13H2,2-3H3. The summed E-state index contributed by atoms with van der Waals surface area (Å²) in [5.74, 6) is 8.22. The molecule has 0 aliphatic heterocycles. The zero-order valence-electron chi connectivity index (χ0n) is 10.0. The number of hydrogen-bond donors (Lipinski definition) is 2. The lowest BCUT2D eigenvalue weighted by Gasteiger charge is -2.14. The van der Waals surface area contributed by atoms with Crippen molar-refractivity contribution in [2.75, 3.05) is 0 Å². The molecule has 1 rings (SSSR count). The Kier molecular flexibility index (Phi) is 5.03. The molecule has 0 aliphatic rings. The Balaban J connectivity index is 2.74. The third-order valence-corrected chi connectivity index (χ3v) is 2.66. The van der Waals surface area contributed by atoms with Gasteiger partial charge in [-0.25, -0.2) is 0 Å². The molecule has 0 fully saturated rings. The van der Waals surface area contributed by atoms with Gasteiger partial charge in [0.2, 0.25) is 0 Å². The van der Waals surface area contributed by atoms with Crippen LogP contribution >= 0.6 is 0 Å². The predicted molar refractivity (Wildman–Crippen MR) is 65.3 cm³/mol. The summed E-state index contributed by atoms with van der Waals surface area (Å²) in [5, 5.41) is 4.41. The maximum atomic E-state index is 5.58. The molecule has 0 amide bonds. The molecular formula is C12H20N4. The molecule has 0 aromatic carbocycles. The van der Waals surface area contributed by atoms with Crippen LogP contribution in [0.4, 0.5) is 0 Å². The fourth-order valence-electron chi connectivity index (χ4n) is 1.86. The van der Waals surface area contributed by atoms with Gasteiger partial charge in [0.1, 0.15) is 0 Å². The van der Waals surface area contributed by atoms with Crippen molar-refractivity contribution in [3.05, 3.63) is 17.5 Å². The van der Waals surface area contributed by atoms with Gasteiger partial charge >= 0.3 is 0 Å². The van der Waals surface area contributed by atoms with Crippen LogP contribution in [0.1, 0.15) is 43.5 Å². The van der Waals surface area contributed by atoms with E-state index in [1.54, 1.807) is 0 Å².